The zero-order valence-corrected chi connectivity index (χ0v) is 19.4. The second-order valence-electron chi connectivity index (χ2n) is 9.43. The molecule has 3 aliphatic rings. The average Bonchev–Trinajstić information content (AvgIpc) is 2.86. The molecule has 0 unspecified atom stereocenters. The first-order chi connectivity index (χ1) is 16.7. The quantitative estimate of drug-likeness (QED) is 0.364. The summed E-state index contributed by atoms with van der Waals surface area (Å²) in [5, 5.41) is 29.8. The Labute approximate surface area is 201 Å². The highest BCUT2D eigenvalue weighted by Gasteiger charge is 2.40. The number of alkyl halides is 3. The average molecular weight is 503 g/mol. The minimum Gasteiger partial charge on any atom is -0.388 e. The Morgan fingerprint density at radius 3 is 2.54 bits per heavy atom. The van der Waals surface area contributed by atoms with Crippen molar-refractivity contribution in [1.29, 1.82) is 0 Å². The maximum Gasteiger partial charge on any atom is 0.434 e. The van der Waals surface area contributed by atoms with Crippen LogP contribution in [0.2, 0.25) is 0 Å². The lowest BCUT2D eigenvalue weighted by atomic mass is 9.92. The number of nitrogens with one attached hydrogen (secondary N) is 3. The Balaban J connectivity index is 1.22. The number of aliphatic hydroxyl groups excluding tert-OH is 2. The predicted molar refractivity (Wildman–Crippen MR) is 119 cm³/mol. The lowest BCUT2D eigenvalue weighted by Gasteiger charge is -2.40. The number of halogens is 3. The molecule has 0 bridgehead atoms. The van der Waals surface area contributed by atoms with E-state index in [1.165, 1.54) is 0 Å². The number of amides is 1. The number of aromatic nitrogens is 2. The van der Waals surface area contributed by atoms with Gasteiger partial charge in [-0.05, 0) is 51.9 Å². The topological polar surface area (TPSA) is 132 Å². The van der Waals surface area contributed by atoms with Gasteiger partial charge in [0.05, 0.1) is 25.0 Å². The molecule has 35 heavy (non-hydrogen) atoms. The molecule has 0 saturated carbocycles. The first-order valence-electron chi connectivity index (χ1n) is 12.1. The van der Waals surface area contributed by atoms with Gasteiger partial charge in [-0.3, -0.25) is 9.78 Å². The Hall–Kier alpha value is -2.06. The molecule has 196 valence electrons. The zero-order valence-electron chi connectivity index (χ0n) is 19.4. The number of aliphatic hydroxyl groups is 2. The molecule has 1 aromatic rings. The summed E-state index contributed by atoms with van der Waals surface area (Å²) in [6.07, 6.45) is -2.67. The maximum atomic E-state index is 12.8. The van der Waals surface area contributed by atoms with Gasteiger partial charge in [-0.2, -0.15) is 13.2 Å². The summed E-state index contributed by atoms with van der Waals surface area (Å²) >= 11 is 0. The van der Waals surface area contributed by atoms with Crippen molar-refractivity contribution in [3.05, 3.63) is 18.1 Å². The number of nitrogens with zero attached hydrogens (tertiary/aromatic N) is 3. The van der Waals surface area contributed by atoms with Crippen LogP contribution in [-0.2, 0) is 15.7 Å². The fourth-order valence-electron chi connectivity index (χ4n) is 5.00. The maximum absolute atomic E-state index is 12.8. The van der Waals surface area contributed by atoms with Crippen LogP contribution in [0.4, 0.5) is 19.0 Å². The van der Waals surface area contributed by atoms with Crippen LogP contribution in [0.25, 0.3) is 0 Å². The van der Waals surface area contributed by atoms with E-state index >= 15 is 0 Å². The molecule has 5 N–H and O–H groups in total. The van der Waals surface area contributed by atoms with Crippen LogP contribution in [0.5, 0.6) is 0 Å². The lowest BCUT2D eigenvalue weighted by molar-refractivity contribution is -0.144. The molecular formula is C22H33F3N6O4. The van der Waals surface area contributed by atoms with Crippen molar-refractivity contribution in [3.8, 4) is 0 Å². The zero-order chi connectivity index (χ0) is 25.0. The van der Waals surface area contributed by atoms with E-state index in [2.05, 4.69) is 30.8 Å². The van der Waals surface area contributed by atoms with Gasteiger partial charge in [0.1, 0.15) is 24.1 Å². The molecule has 3 fully saturated rings. The summed E-state index contributed by atoms with van der Waals surface area (Å²) in [5.74, 6) is -0.394. The molecule has 13 heteroatoms. The number of anilines is 1. The second kappa shape index (κ2) is 11.3. The molecule has 10 nitrogen and oxygen atoms in total. The van der Waals surface area contributed by atoms with E-state index in [4.69, 9.17) is 4.74 Å². The SMILES string of the molecule is O=C(NC[C@H]1OC[C@H](Nc2cncc(C(F)(F)F)n2)[C@@H](O)[C@H]1O)C1CCN(C2CCNCC2)CC1. The number of carbonyl (C=O) groups is 1. The predicted octanol–water partition coefficient (Wildman–Crippen LogP) is -0.0233. The van der Waals surface area contributed by atoms with Crippen LogP contribution in [0.15, 0.2) is 12.4 Å². The monoisotopic (exact) mass is 502 g/mol. The molecule has 4 heterocycles. The Morgan fingerprint density at radius 1 is 1.14 bits per heavy atom. The summed E-state index contributed by atoms with van der Waals surface area (Å²) < 4.78 is 44.1. The van der Waals surface area contributed by atoms with E-state index in [-0.39, 0.29) is 30.8 Å². The lowest BCUT2D eigenvalue weighted by Crippen LogP contribution is -2.58. The number of hydrogen-bond acceptors (Lipinski definition) is 9. The van der Waals surface area contributed by atoms with Crippen molar-refractivity contribution in [1.82, 2.24) is 25.5 Å². The highest BCUT2D eigenvalue weighted by Crippen LogP contribution is 2.28. The van der Waals surface area contributed by atoms with Gasteiger partial charge in [0, 0.05) is 18.5 Å². The Kier molecular flexibility index (Phi) is 8.42. The highest BCUT2D eigenvalue weighted by molar-refractivity contribution is 5.78. The van der Waals surface area contributed by atoms with Crippen molar-refractivity contribution >= 4 is 11.7 Å². The van der Waals surface area contributed by atoms with Crippen LogP contribution >= 0.6 is 0 Å². The van der Waals surface area contributed by atoms with E-state index in [9.17, 15) is 28.2 Å². The standard InChI is InChI=1S/C22H33F3N6O4/c23-22(24,25)17-10-27-11-18(30-17)29-15-12-35-16(20(33)19(15)32)9-28-21(34)13-3-7-31(8-4-13)14-1-5-26-6-2-14/h10-11,13-16,19-20,26,32-33H,1-9,12H2,(H,28,34)(H,29,30)/t15-,16+,19+,20-/m0/s1. The molecule has 0 radical (unpaired) electrons. The summed E-state index contributed by atoms with van der Waals surface area (Å²) in [5.41, 5.74) is -1.17. The second-order valence-corrected chi connectivity index (χ2v) is 9.43. The van der Waals surface area contributed by atoms with Gasteiger partial charge in [-0.25, -0.2) is 4.98 Å². The number of carbonyl (C=O) groups excluding carboxylic acids is 1. The summed E-state index contributed by atoms with van der Waals surface area (Å²) in [6, 6.07) is -0.315. The first kappa shape index (κ1) is 26.0. The summed E-state index contributed by atoms with van der Waals surface area (Å²) in [7, 11) is 0. The van der Waals surface area contributed by atoms with Crippen molar-refractivity contribution < 1.29 is 32.9 Å². The van der Waals surface area contributed by atoms with Crippen molar-refractivity contribution in [3.63, 3.8) is 0 Å². The molecule has 1 amide bonds. The molecule has 0 spiro atoms. The van der Waals surface area contributed by atoms with Gasteiger partial charge >= 0.3 is 6.18 Å². The van der Waals surface area contributed by atoms with E-state index in [0.29, 0.717) is 12.2 Å². The molecule has 3 saturated heterocycles. The number of piperidine rings is 2. The fourth-order valence-corrected chi connectivity index (χ4v) is 5.00. The molecule has 1 aromatic heterocycles. The van der Waals surface area contributed by atoms with E-state index in [1.807, 2.05) is 0 Å². The molecule has 4 atom stereocenters. The van der Waals surface area contributed by atoms with E-state index in [0.717, 1.165) is 58.1 Å². The van der Waals surface area contributed by atoms with Crippen LogP contribution in [0, 0.1) is 5.92 Å². The number of ether oxygens (including phenoxy) is 1. The van der Waals surface area contributed by atoms with Crippen LogP contribution < -0.4 is 16.0 Å². The van der Waals surface area contributed by atoms with Gasteiger partial charge in [-0.1, -0.05) is 0 Å². The van der Waals surface area contributed by atoms with Gasteiger partial charge in [0.25, 0.3) is 0 Å². The van der Waals surface area contributed by atoms with Crippen LogP contribution in [0.1, 0.15) is 31.4 Å². The van der Waals surface area contributed by atoms with Crippen molar-refractivity contribution in [2.75, 3.05) is 44.6 Å². The van der Waals surface area contributed by atoms with Gasteiger partial charge in [0.2, 0.25) is 5.91 Å². The molecule has 3 aliphatic heterocycles. The Bertz CT molecular complexity index is 849. The third-order valence-corrected chi connectivity index (χ3v) is 7.09. The first-order valence-corrected chi connectivity index (χ1v) is 12.1. The minimum absolute atomic E-state index is 0.0294. The van der Waals surface area contributed by atoms with E-state index < -0.39 is 36.2 Å². The van der Waals surface area contributed by atoms with Crippen LogP contribution in [-0.4, -0.2) is 101 Å². The van der Waals surface area contributed by atoms with Crippen molar-refractivity contribution in [2.24, 2.45) is 5.92 Å². The van der Waals surface area contributed by atoms with E-state index in [1.54, 1.807) is 0 Å². The number of rotatable bonds is 6. The summed E-state index contributed by atoms with van der Waals surface area (Å²) in [4.78, 5) is 22.1. The smallest absolute Gasteiger partial charge is 0.388 e. The minimum atomic E-state index is -4.65. The van der Waals surface area contributed by atoms with Gasteiger partial charge in [-0.15, -0.1) is 0 Å². The van der Waals surface area contributed by atoms with Crippen molar-refractivity contribution in [2.45, 2.75) is 62.3 Å². The van der Waals surface area contributed by atoms with Gasteiger partial charge < -0.3 is 35.8 Å². The highest BCUT2D eigenvalue weighted by atomic mass is 19.4. The third-order valence-electron chi connectivity index (χ3n) is 7.09. The number of likely N-dealkylation sites (tertiary alicyclic amines) is 1. The molecular weight excluding hydrogens is 469 g/mol. The van der Waals surface area contributed by atoms with Crippen LogP contribution in [0.3, 0.4) is 0 Å². The van der Waals surface area contributed by atoms with Gasteiger partial charge in [0.15, 0.2) is 5.69 Å². The molecule has 0 aromatic carbocycles. The number of hydrogen-bond donors (Lipinski definition) is 5. The molecule has 4 rings (SSSR count). The Morgan fingerprint density at radius 2 is 1.86 bits per heavy atom. The summed E-state index contributed by atoms with van der Waals surface area (Å²) in [6.45, 7) is 3.77. The molecule has 0 aliphatic carbocycles. The fraction of sp³-hybridized carbons (Fsp3) is 0.773. The third kappa shape index (κ3) is 6.58. The largest absolute Gasteiger partial charge is 0.434 e. The normalized spacial score (nSPS) is 29.6.